The molecule has 0 saturated heterocycles. The number of ether oxygens (including phenoxy) is 2. The number of fused-ring (bicyclic) bond motifs is 1. The maximum Gasteiger partial charge on any atom is 0.286 e. The summed E-state index contributed by atoms with van der Waals surface area (Å²) < 4.78 is 10.5. The Hall–Kier alpha value is -3.16. The van der Waals surface area contributed by atoms with E-state index in [4.69, 9.17) is 15.2 Å². The van der Waals surface area contributed by atoms with Gasteiger partial charge >= 0.3 is 0 Å². The van der Waals surface area contributed by atoms with Gasteiger partial charge in [-0.15, -0.1) is 0 Å². The summed E-state index contributed by atoms with van der Waals surface area (Å²) in [4.78, 5) is 33.6. The van der Waals surface area contributed by atoms with Crippen LogP contribution in [-0.4, -0.2) is 47.4 Å². The van der Waals surface area contributed by atoms with Gasteiger partial charge in [-0.1, -0.05) is 6.07 Å². The first-order valence-electron chi connectivity index (χ1n) is 8.07. The van der Waals surface area contributed by atoms with Crippen molar-refractivity contribution in [3.63, 3.8) is 0 Å². The Kier molecular flexibility index (Phi) is 5.01. The average Bonchev–Trinajstić information content (AvgIpc) is 2.66. The standard InChI is InChI=1S/C18H19N4O4/c1-25-14-4-3-11(7-15(14)26-2)8-16(23)22-6-5-12-9-20-18(17(19)24)21-13(12)10-22/h3-4,7H,5-6,8,10H2,1-2H3,(H2,19,24). The highest BCUT2D eigenvalue weighted by Gasteiger charge is 2.23. The van der Waals surface area contributed by atoms with Crippen molar-refractivity contribution >= 4 is 11.8 Å². The molecule has 0 unspecified atom stereocenters. The van der Waals surface area contributed by atoms with Gasteiger partial charge in [0.25, 0.3) is 5.91 Å². The van der Waals surface area contributed by atoms with Crippen LogP contribution in [-0.2, 0) is 24.2 Å². The van der Waals surface area contributed by atoms with Crippen LogP contribution in [0.4, 0.5) is 0 Å². The van der Waals surface area contributed by atoms with E-state index in [2.05, 4.69) is 16.2 Å². The Morgan fingerprint density at radius 2 is 2.04 bits per heavy atom. The minimum absolute atomic E-state index is 0.0397. The Morgan fingerprint density at radius 1 is 1.27 bits per heavy atom. The minimum Gasteiger partial charge on any atom is -0.493 e. The maximum atomic E-state index is 12.7. The summed E-state index contributed by atoms with van der Waals surface area (Å²) in [6.45, 7) is 0.857. The Balaban J connectivity index is 1.73. The van der Waals surface area contributed by atoms with Crippen molar-refractivity contribution in [2.45, 2.75) is 19.4 Å². The van der Waals surface area contributed by atoms with Gasteiger partial charge in [-0.25, -0.2) is 9.97 Å². The lowest BCUT2D eigenvalue weighted by atomic mass is 10.0. The molecular formula is C18H19N4O4. The molecule has 1 aliphatic rings. The lowest BCUT2D eigenvalue weighted by molar-refractivity contribution is -0.131. The Labute approximate surface area is 150 Å². The summed E-state index contributed by atoms with van der Waals surface area (Å²) in [6, 6.07) is 5.39. The van der Waals surface area contributed by atoms with Crippen LogP contribution < -0.4 is 15.2 Å². The number of amides is 2. The van der Waals surface area contributed by atoms with E-state index in [1.807, 2.05) is 6.07 Å². The molecule has 2 heterocycles. The summed E-state index contributed by atoms with van der Waals surface area (Å²) in [5.41, 5.74) is 7.45. The summed E-state index contributed by atoms with van der Waals surface area (Å²) in [6.07, 6.45) is 3.61. The molecule has 1 aliphatic heterocycles. The summed E-state index contributed by atoms with van der Waals surface area (Å²) >= 11 is 0. The molecule has 1 aromatic heterocycles. The Morgan fingerprint density at radius 3 is 2.73 bits per heavy atom. The van der Waals surface area contributed by atoms with Crippen LogP contribution in [0.1, 0.15) is 27.4 Å². The molecule has 0 fully saturated rings. The van der Waals surface area contributed by atoms with Crippen molar-refractivity contribution in [1.82, 2.24) is 14.9 Å². The molecule has 2 aromatic rings. The van der Waals surface area contributed by atoms with Gasteiger partial charge < -0.3 is 20.1 Å². The molecule has 135 valence electrons. The number of carbonyl (C=O) groups is 2. The molecule has 1 radical (unpaired) electrons. The van der Waals surface area contributed by atoms with Gasteiger partial charge in [-0.3, -0.25) is 9.59 Å². The van der Waals surface area contributed by atoms with Crippen molar-refractivity contribution in [3.8, 4) is 11.5 Å². The smallest absolute Gasteiger partial charge is 0.286 e. The third kappa shape index (κ3) is 3.58. The van der Waals surface area contributed by atoms with Gasteiger partial charge in [-0.2, -0.15) is 0 Å². The van der Waals surface area contributed by atoms with Crippen molar-refractivity contribution in [3.05, 3.63) is 47.0 Å². The number of benzene rings is 1. The lowest BCUT2D eigenvalue weighted by Gasteiger charge is -2.28. The molecule has 2 amide bonds. The van der Waals surface area contributed by atoms with E-state index >= 15 is 0 Å². The van der Waals surface area contributed by atoms with E-state index in [0.29, 0.717) is 36.7 Å². The number of hydrogen-bond donors (Lipinski definition) is 1. The molecule has 8 heteroatoms. The Bertz CT molecular complexity index is 853. The summed E-state index contributed by atoms with van der Waals surface area (Å²) in [5.74, 6) is 0.356. The van der Waals surface area contributed by atoms with Crippen LogP contribution in [0, 0.1) is 6.20 Å². The zero-order chi connectivity index (χ0) is 18.7. The normalized spacial score (nSPS) is 13.1. The number of nitrogens with zero attached hydrogens (tertiary/aromatic N) is 3. The van der Waals surface area contributed by atoms with Crippen LogP contribution >= 0.6 is 0 Å². The number of methoxy groups -OCH3 is 2. The van der Waals surface area contributed by atoms with Crippen LogP contribution in [0.25, 0.3) is 0 Å². The molecular weight excluding hydrogens is 336 g/mol. The van der Waals surface area contributed by atoms with Crippen LogP contribution in [0.3, 0.4) is 0 Å². The number of aromatic nitrogens is 2. The van der Waals surface area contributed by atoms with Gasteiger partial charge in [0.2, 0.25) is 11.7 Å². The highest BCUT2D eigenvalue weighted by atomic mass is 16.5. The SMILES string of the molecule is COc1ccc(CC(=O)N2CCc3[c]nc(C(N)=O)nc3C2)cc1OC. The zero-order valence-corrected chi connectivity index (χ0v) is 14.6. The maximum absolute atomic E-state index is 12.7. The van der Waals surface area contributed by atoms with Crippen LogP contribution in [0.2, 0.25) is 0 Å². The molecule has 0 saturated carbocycles. The first-order valence-corrected chi connectivity index (χ1v) is 8.07. The van der Waals surface area contributed by atoms with E-state index in [0.717, 1.165) is 11.1 Å². The largest absolute Gasteiger partial charge is 0.493 e. The fraction of sp³-hybridized carbons (Fsp3) is 0.333. The van der Waals surface area contributed by atoms with E-state index in [9.17, 15) is 9.59 Å². The first kappa shape index (κ1) is 17.7. The molecule has 3 rings (SSSR count). The van der Waals surface area contributed by atoms with Crippen LogP contribution in [0.15, 0.2) is 18.2 Å². The highest BCUT2D eigenvalue weighted by molar-refractivity contribution is 5.88. The molecule has 0 spiro atoms. The van der Waals surface area contributed by atoms with Crippen molar-refractivity contribution < 1.29 is 19.1 Å². The van der Waals surface area contributed by atoms with E-state index in [-0.39, 0.29) is 18.2 Å². The number of rotatable bonds is 5. The third-order valence-electron chi connectivity index (χ3n) is 4.23. The van der Waals surface area contributed by atoms with Gasteiger partial charge in [0, 0.05) is 12.1 Å². The van der Waals surface area contributed by atoms with E-state index in [1.54, 1.807) is 31.3 Å². The third-order valence-corrected chi connectivity index (χ3v) is 4.23. The second-order valence-electron chi connectivity index (χ2n) is 5.88. The number of nitrogens with two attached hydrogens (primary N) is 1. The molecule has 0 aliphatic carbocycles. The van der Waals surface area contributed by atoms with Crippen molar-refractivity contribution in [1.29, 1.82) is 0 Å². The average molecular weight is 355 g/mol. The second kappa shape index (κ2) is 7.38. The molecule has 0 bridgehead atoms. The number of hydrogen-bond acceptors (Lipinski definition) is 6. The van der Waals surface area contributed by atoms with E-state index in [1.165, 1.54) is 0 Å². The van der Waals surface area contributed by atoms with Gasteiger partial charge in [0.1, 0.15) is 0 Å². The molecule has 1 aromatic carbocycles. The fourth-order valence-electron chi connectivity index (χ4n) is 2.84. The topological polar surface area (TPSA) is 108 Å². The van der Waals surface area contributed by atoms with Crippen molar-refractivity contribution in [2.75, 3.05) is 20.8 Å². The van der Waals surface area contributed by atoms with Crippen LogP contribution in [0.5, 0.6) is 11.5 Å². The first-order chi connectivity index (χ1) is 12.5. The molecule has 26 heavy (non-hydrogen) atoms. The quantitative estimate of drug-likeness (QED) is 0.838. The van der Waals surface area contributed by atoms with E-state index < -0.39 is 5.91 Å². The number of primary amides is 1. The highest BCUT2D eigenvalue weighted by Crippen LogP contribution is 2.28. The summed E-state index contributed by atoms with van der Waals surface area (Å²) in [5, 5.41) is 0. The number of carbonyl (C=O) groups excluding carboxylic acids is 2. The summed E-state index contributed by atoms with van der Waals surface area (Å²) in [7, 11) is 3.12. The molecule has 0 atom stereocenters. The second-order valence-corrected chi connectivity index (χ2v) is 5.88. The fourth-order valence-corrected chi connectivity index (χ4v) is 2.84. The van der Waals surface area contributed by atoms with Gasteiger partial charge in [0.15, 0.2) is 11.5 Å². The van der Waals surface area contributed by atoms with Crippen molar-refractivity contribution in [2.24, 2.45) is 5.73 Å². The predicted molar refractivity (Wildman–Crippen MR) is 91.8 cm³/mol. The molecule has 8 nitrogen and oxygen atoms in total. The zero-order valence-electron chi connectivity index (χ0n) is 14.6. The van der Waals surface area contributed by atoms with Gasteiger partial charge in [0.05, 0.1) is 39.1 Å². The monoisotopic (exact) mass is 355 g/mol. The lowest BCUT2D eigenvalue weighted by Crippen LogP contribution is -2.38. The van der Waals surface area contributed by atoms with Gasteiger partial charge in [-0.05, 0) is 24.1 Å². The minimum atomic E-state index is -0.710. The predicted octanol–water partition coefficient (Wildman–Crippen LogP) is 0.520. The molecule has 2 N–H and O–H groups in total.